The number of carbonyl (C=O) groups excluding carboxylic acids is 1. The maximum Gasteiger partial charge on any atom is 0.267 e. The summed E-state index contributed by atoms with van der Waals surface area (Å²) in [7, 11) is 0. The number of hydrogen-bond acceptors (Lipinski definition) is 7. The number of benzene rings is 2. The van der Waals surface area contributed by atoms with E-state index >= 15 is 0 Å². The van der Waals surface area contributed by atoms with Gasteiger partial charge in [0.15, 0.2) is 0 Å². The molecule has 174 valence electrons. The molecule has 0 aliphatic heterocycles. The van der Waals surface area contributed by atoms with E-state index in [2.05, 4.69) is 10.3 Å². The number of amides is 1. The van der Waals surface area contributed by atoms with Crippen LogP contribution < -0.4 is 20.5 Å². The Bertz CT molecular complexity index is 1050. The van der Waals surface area contributed by atoms with Crippen molar-refractivity contribution in [3.63, 3.8) is 0 Å². The molecule has 0 saturated carbocycles. The number of primary amides is 1. The molecule has 5 N–H and O–H groups in total. The van der Waals surface area contributed by atoms with Gasteiger partial charge in [-0.05, 0) is 48.4 Å². The zero-order chi connectivity index (χ0) is 23.6. The molecule has 0 fully saturated rings. The summed E-state index contributed by atoms with van der Waals surface area (Å²) in [6, 6.07) is 17.2. The molecule has 8 nitrogen and oxygen atoms in total. The maximum absolute atomic E-state index is 11.2. The first-order valence-corrected chi connectivity index (χ1v) is 10.7. The number of nitrogens with two attached hydrogens (primary N) is 1. The Balaban J connectivity index is 1.46. The number of aromatic nitrogens is 1. The number of pyridine rings is 1. The summed E-state index contributed by atoms with van der Waals surface area (Å²) in [4.78, 5) is 15.1. The van der Waals surface area contributed by atoms with Crippen molar-refractivity contribution in [2.24, 2.45) is 5.73 Å². The number of halogens is 1. The van der Waals surface area contributed by atoms with Crippen molar-refractivity contribution < 1.29 is 24.5 Å². The molecule has 0 bridgehead atoms. The van der Waals surface area contributed by atoms with Gasteiger partial charge in [-0.25, -0.2) is 0 Å². The summed E-state index contributed by atoms with van der Waals surface area (Å²) >= 11 is 5.92. The van der Waals surface area contributed by atoms with Crippen LogP contribution in [0.1, 0.15) is 16.1 Å². The normalized spacial score (nSPS) is 12.7. The van der Waals surface area contributed by atoms with Crippen molar-refractivity contribution in [2.75, 3.05) is 19.8 Å². The van der Waals surface area contributed by atoms with Crippen LogP contribution >= 0.6 is 11.6 Å². The van der Waals surface area contributed by atoms with Gasteiger partial charge >= 0.3 is 0 Å². The molecule has 1 aromatic heterocycles. The average Bonchev–Trinajstić information content (AvgIpc) is 2.81. The molecule has 33 heavy (non-hydrogen) atoms. The van der Waals surface area contributed by atoms with E-state index in [-0.39, 0.29) is 31.5 Å². The number of rotatable bonds is 12. The van der Waals surface area contributed by atoms with Gasteiger partial charge in [-0.15, -0.1) is 0 Å². The molecule has 0 radical (unpaired) electrons. The minimum Gasteiger partial charge on any atom is -0.491 e. The zero-order valence-electron chi connectivity index (χ0n) is 17.9. The molecule has 0 saturated heterocycles. The number of aliphatic hydroxyl groups excluding tert-OH is 2. The molecule has 0 aliphatic carbocycles. The van der Waals surface area contributed by atoms with Gasteiger partial charge in [-0.1, -0.05) is 29.8 Å². The molecule has 2 atom stereocenters. The molecule has 3 rings (SSSR count). The molecule has 1 amide bonds. The lowest BCUT2D eigenvalue weighted by molar-refractivity contribution is 0.0993. The Labute approximate surface area is 196 Å². The number of nitrogens with zero attached hydrogens (tertiary/aromatic N) is 1. The van der Waals surface area contributed by atoms with Crippen LogP contribution in [0.3, 0.4) is 0 Å². The second-order valence-corrected chi connectivity index (χ2v) is 7.84. The summed E-state index contributed by atoms with van der Waals surface area (Å²) in [6.45, 7) is 0.272. The van der Waals surface area contributed by atoms with E-state index in [4.69, 9.17) is 26.8 Å². The number of carbonyl (C=O) groups is 1. The average molecular weight is 472 g/mol. The first-order chi connectivity index (χ1) is 15.9. The smallest absolute Gasteiger partial charge is 0.267 e. The number of nitrogens with one attached hydrogen (secondary N) is 1. The van der Waals surface area contributed by atoms with Crippen molar-refractivity contribution >= 4 is 17.5 Å². The fourth-order valence-corrected chi connectivity index (χ4v) is 3.22. The first kappa shape index (κ1) is 24.5. The first-order valence-electron chi connectivity index (χ1n) is 10.4. The Morgan fingerprint density at radius 2 is 1.88 bits per heavy atom. The van der Waals surface area contributed by atoms with Gasteiger partial charge in [0.25, 0.3) is 5.91 Å². The molecule has 0 aliphatic rings. The molecule has 1 heterocycles. The van der Waals surface area contributed by atoms with Crippen LogP contribution in [0.15, 0.2) is 66.9 Å². The standard InChI is InChI=1S/C24H26ClN3O5/c25-17-2-1-3-21(11-17)32-15-19(30)13-28-18(14-29)10-16-4-6-20(7-5-16)33-22-8-9-27-23(12-22)24(26)31/h1-9,11-12,18-19,28-30H,10,13-15H2,(H2,26,31)/t18-,19-/m0/s1. The van der Waals surface area contributed by atoms with E-state index in [1.54, 1.807) is 42.5 Å². The second-order valence-electron chi connectivity index (χ2n) is 7.40. The van der Waals surface area contributed by atoms with E-state index in [0.29, 0.717) is 28.7 Å². The van der Waals surface area contributed by atoms with E-state index in [1.165, 1.54) is 12.3 Å². The molecule has 0 unspecified atom stereocenters. The van der Waals surface area contributed by atoms with E-state index in [9.17, 15) is 15.0 Å². The van der Waals surface area contributed by atoms with Crippen molar-refractivity contribution in [3.8, 4) is 17.2 Å². The van der Waals surface area contributed by atoms with Crippen LogP contribution in [-0.4, -0.2) is 53.0 Å². The SMILES string of the molecule is NC(=O)c1cc(Oc2ccc(C[C@@H](CO)NC[C@H](O)COc3cccc(Cl)c3)cc2)ccn1. The highest BCUT2D eigenvalue weighted by Gasteiger charge is 2.12. The molecular formula is C24H26ClN3O5. The number of hydrogen-bond donors (Lipinski definition) is 4. The van der Waals surface area contributed by atoms with E-state index in [1.807, 2.05) is 12.1 Å². The van der Waals surface area contributed by atoms with Crippen LogP contribution in [0.25, 0.3) is 0 Å². The van der Waals surface area contributed by atoms with Crippen LogP contribution in [0.5, 0.6) is 17.2 Å². The number of ether oxygens (including phenoxy) is 2. The Morgan fingerprint density at radius 1 is 1.09 bits per heavy atom. The Hall–Kier alpha value is -3.17. The van der Waals surface area contributed by atoms with Crippen molar-refractivity contribution in [1.82, 2.24) is 10.3 Å². The van der Waals surface area contributed by atoms with Gasteiger partial charge in [0, 0.05) is 29.9 Å². The predicted octanol–water partition coefficient (Wildman–Crippen LogP) is 2.56. The van der Waals surface area contributed by atoms with Gasteiger partial charge < -0.3 is 30.7 Å². The van der Waals surface area contributed by atoms with Gasteiger partial charge in [-0.2, -0.15) is 0 Å². The number of aliphatic hydroxyl groups is 2. The second kappa shape index (κ2) is 12.2. The van der Waals surface area contributed by atoms with E-state index < -0.39 is 12.0 Å². The van der Waals surface area contributed by atoms with Crippen molar-refractivity contribution in [2.45, 2.75) is 18.6 Å². The molecule has 3 aromatic rings. The third-order valence-corrected chi connectivity index (χ3v) is 4.96. The highest BCUT2D eigenvalue weighted by Crippen LogP contribution is 2.22. The third-order valence-electron chi connectivity index (χ3n) is 4.73. The minimum atomic E-state index is -0.750. The van der Waals surface area contributed by atoms with Crippen molar-refractivity contribution in [3.05, 3.63) is 83.1 Å². The summed E-state index contributed by atoms with van der Waals surface area (Å²) in [6.07, 6.45) is 1.26. The fourth-order valence-electron chi connectivity index (χ4n) is 3.04. The lowest BCUT2D eigenvalue weighted by Gasteiger charge is -2.19. The summed E-state index contributed by atoms with van der Waals surface area (Å²) in [5.74, 6) is 0.998. The lowest BCUT2D eigenvalue weighted by atomic mass is 10.1. The summed E-state index contributed by atoms with van der Waals surface area (Å²) < 4.78 is 11.3. The van der Waals surface area contributed by atoms with E-state index in [0.717, 1.165) is 5.56 Å². The molecular weight excluding hydrogens is 446 g/mol. The quantitative estimate of drug-likeness (QED) is 0.319. The molecule has 0 spiro atoms. The molecule has 2 aromatic carbocycles. The minimum absolute atomic E-state index is 0.0902. The lowest BCUT2D eigenvalue weighted by Crippen LogP contribution is -2.41. The van der Waals surface area contributed by atoms with Gasteiger partial charge in [0.05, 0.1) is 6.61 Å². The monoisotopic (exact) mass is 471 g/mol. The maximum atomic E-state index is 11.2. The largest absolute Gasteiger partial charge is 0.491 e. The molecule has 9 heteroatoms. The van der Waals surface area contributed by atoms with Gasteiger partial charge in [0.2, 0.25) is 0 Å². The van der Waals surface area contributed by atoms with Crippen LogP contribution in [0.2, 0.25) is 5.02 Å². The van der Waals surface area contributed by atoms with Crippen LogP contribution in [-0.2, 0) is 6.42 Å². The summed E-state index contributed by atoms with van der Waals surface area (Å²) in [5.41, 5.74) is 6.34. The Morgan fingerprint density at radius 3 is 2.58 bits per heavy atom. The summed E-state index contributed by atoms with van der Waals surface area (Å²) in [5, 5.41) is 23.6. The van der Waals surface area contributed by atoms with Crippen LogP contribution in [0.4, 0.5) is 0 Å². The zero-order valence-corrected chi connectivity index (χ0v) is 18.6. The van der Waals surface area contributed by atoms with Crippen LogP contribution in [0, 0.1) is 0 Å². The van der Waals surface area contributed by atoms with Gasteiger partial charge in [0.1, 0.15) is 35.7 Å². The fraction of sp³-hybridized carbons (Fsp3) is 0.250. The highest BCUT2D eigenvalue weighted by atomic mass is 35.5. The Kier molecular flexibility index (Phi) is 9.03. The predicted molar refractivity (Wildman–Crippen MR) is 125 cm³/mol. The third kappa shape index (κ3) is 8.03. The van der Waals surface area contributed by atoms with Crippen molar-refractivity contribution in [1.29, 1.82) is 0 Å². The van der Waals surface area contributed by atoms with Gasteiger partial charge in [-0.3, -0.25) is 9.78 Å². The topological polar surface area (TPSA) is 127 Å². The highest BCUT2D eigenvalue weighted by molar-refractivity contribution is 6.30.